The number of rotatable bonds is 6. The Hall–Kier alpha value is -2.24. The van der Waals surface area contributed by atoms with Crippen molar-refractivity contribution in [2.24, 2.45) is 5.92 Å². The van der Waals surface area contributed by atoms with Crippen LogP contribution in [0.15, 0.2) is 79.0 Å². The molecule has 1 unspecified atom stereocenters. The van der Waals surface area contributed by atoms with Gasteiger partial charge in [-0.3, -0.25) is 0 Å². The first-order chi connectivity index (χ1) is 14.9. The molecule has 1 saturated heterocycles. The maximum atomic E-state index is 13.4. The normalized spacial score (nSPS) is 16.5. The highest BCUT2D eigenvalue weighted by molar-refractivity contribution is 6.36. The van der Waals surface area contributed by atoms with Gasteiger partial charge in [-0.15, -0.1) is 0 Å². The summed E-state index contributed by atoms with van der Waals surface area (Å²) >= 11 is 18.6. The van der Waals surface area contributed by atoms with E-state index in [9.17, 15) is 4.39 Å². The number of anilines is 2. The molecule has 0 bridgehead atoms. The van der Waals surface area contributed by atoms with Crippen molar-refractivity contribution in [3.05, 3.63) is 105 Å². The predicted octanol–water partition coefficient (Wildman–Crippen LogP) is 7.27. The van der Waals surface area contributed by atoms with Crippen molar-refractivity contribution in [3.8, 4) is 0 Å². The van der Waals surface area contributed by atoms with Crippen LogP contribution in [0.5, 0.6) is 0 Å². The van der Waals surface area contributed by atoms with Crippen molar-refractivity contribution in [1.82, 2.24) is 5.01 Å². The van der Waals surface area contributed by atoms with Crippen LogP contribution in [0, 0.1) is 11.7 Å². The lowest BCUT2D eigenvalue weighted by Crippen LogP contribution is -2.36. The maximum Gasteiger partial charge on any atom is 0.123 e. The molecular weight excluding hydrogens is 456 g/mol. The average molecular weight is 477 g/mol. The van der Waals surface area contributed by atoms with E-state index in [0.717, 1.165) is 29.2 Å². The Morgan fingerprint density at radius 3 is 2.29 bits per heavy atom. The molecule has 7 heteroatoms. The van der Waals surface area contributed by atoms with Gasteiger partial charge in [-0.1, -0.05) is 53.5 Å². The molecule has 3 aromatic carbocycles. The SMILES string of the molecule is C=C(Nc1ccc(Cl)cc1)C1CN(Cc2ccc(F)cc2)N(c2ccc(Cl)cc2Cl)C1. The molecule has 0 spiro atoms. The molecule has 1 N–H and O–H groups in total. The van der Waals surface area contributed by atoms with Gasteiger partial charge >= 0.3 is 0 Å². The predicted molar refractivity (Wildman–Crippen MR) is 128 cm³/mol. The van der Waals surface area contributed by atoms with Crippen LogP contribution in [-0.2, 0) is 6.54 Å². The van der Waals surface area contributed by atoms with Crippen molar-refractivity contribution in [2.75, 3.05) is 23.4 Å². The number of hydrazine groups is 1. The van der Waals surface area contributed by atoms with Crippen molar-refractivity contribution < 1.29 is 4.39 Å². The Morgan fingerprint density at radius 1 is 0.935 bits per heavy atom. The van der Waals surface area contributed by atoms with Crippen LogP contribution < -0.4 is 10.3 Å². The summed E-state index contributed by atoms with van der Waals surface area (Å²) in [5, 5.41) is 9.57. The van der Waals surface area contributed by atoms with Gasteiger partial charge in [-0.2, -0.15) is 0 Å². The second-order valence-corrected chi connectivity index (χ2v) is 8.79. The summed E-state index contributed by atoms with van der Waals surface area (Å²) in [6.45, 7) is 6.31. The van der Waals surface area contributed by atoms with Crippen LogP contribution >= 0.6 is 34.8 Å². The molecule has 160 valence electrons. The molecule has 1 fully saturated rings. The van der Waals surface area contributed by atoms with Crippen molar-refractivity contribution >= 4 is 46.2 Å². The zero-order valence-electron chi connectivity index (χ0n) is 16.7. The first-order valence-electron chi connectivity index (χ1n) is 9.82. The van der Waals surface area contributed by atoms with Crippen molar-refractivity contribution in [2.45, 2.75) is 6.54 Å². The summed E-state index contributed by atoms with van der Waals surface area (Å²) in [5.74, 6) is -0.107. The molecule has 0 amide bonds. The fraction of sp³-hybridized carbons (Fsp3) is 0.167. The standard InChI is InChI=1S/C24H21Cl3FN3/c1-16(29-22-9-4-19(25)5-10-22)18-14-30(13-17-2-7-21(28)8-3-17)31(15-18)24-11-6-20(26)12-23(24)27/h2-12,18,29H,1,13-15H2. The molecule has 3 nitrogen and oxygen atoms in total. The fourth-order valence-electron chi connectivity index (χ4n) is 3.67. The van der Waals surface area contributed by atoms with E-state index in [-0.39, 0.29) is 11.7 Å². The number of halogens is 4. The Labute approximate surface area is 196 Å². The second kappa shape index (κ2) is 9.49. The molecular formula is C24H21Cl3FN3. The Kier molecular flexibility index (Phi) is 6.73. The molecule has 31 heavy (non-hydrogen) atoms. The van der Waals surface area contributed by atoms with Gasteiger partial charge in [0.15, 0.2) is 0 Å². The fourth-order valence-corrected chi connectivity index (χ4v) is 4.30. The number of nitrogens with one attached hydrogen (secondary N) is 1. The van der Waals surface area contributed by atoms with Gasteiger partial charge in [0, 0.05) is 47.0 Å². The highest BCUT2D eigenvalue weighted by Gasteiger charge is 2.33. The quantitative estimate of drug-likeness (QED) is 0.404. The van der Waals surface area contributed by atoms with Gasteiger partial charge in [0.05, 0.1) is 10.7 Å². The first kappa shape index (κ1) is 22.0. The van der Waals surface area contributed by atoms with Gasteiger partial charge in [-0.25, -0.2) is 9.40 Å². The molecule has 1 atom stereocenters. The van der Waals surface area contributed by atoms with E-state index in [1.165, 1.54) is 12.1 Å². The minimum atomic E-state index is -0.249. The van der Waals surface area contributed by atoms with Gasteiger partial charge in [-0.05, 0) is 60.2 Å². The number of hydrogen-bond donors (Lipinski definition) is 1. The lowest BCUT2D eigenvalue weighted by atomic mass is 10.1. The molecule has 4 rings (SSSR count). The molecule has 1 aliphatic heterocycles. The summed E-state index contributed by atoms with van der Waals surface area (Å²) in [6.07, 6.45) is 0. The molecule has 0 aromatic heterocycles. The summed E-state index contributed by atoms with van der Waals surface area (Å²) in [5.41, 5.74) is 3.71. The van der Waals surface area contributed by atoms with E-state index < -0.39 is 0 Å². The summed E-state index contributed by atoms with van der Waals surface area (Å²) in [7, 11) is 0. The minimum absolute atomic E-state index is 0.142. The highest BCUT2D eigenvalue weighted by atomic mass is 35.5. The van der Waals surface area contributed by atoms with Crippen LogP contribution in [0.25, 0.3) is 0 Å². The topological polar surface area (TPSA) is 18.5 Å². The Bertz CT molecular complexity index is 1070. The van der Waals surface area contributed by atoms with Gasteiger partial charge in [0.25, 0.3) is 0 Å². The molecule has 1 aliphatic rings. The zero-order chi connectivity index (χ0) is 22.0. The van der Waals surface area contributed by atoms with Crippen molar-refractivity contribution in [3.63, 3.8) is 0 Å². The number of hydrogen-bond acceptors (Lipinski definition) is 3. The summed E-state index contributed by atoms with van der Waals surface area (Å²) in [4.78, 5) is 0. The smallest absolute Gasteiger partial charge is 0.123 e. The largest absolute Gasteiger partial charge is 0.359 e. The molecule has 0 saturated carbocycles. The van der Waals surface area contributed by atoms with E-state index >= 15 is 0 Å². The van der Waals surface area contributed by atoms with Crippen LogP contribution in [0.2, 0.25) is 15.1 Å². The Balaban J connectivity index is 1.56. The van der Waals surface area contributed by atoms with Crippen LogP contribution in [0.1, 0.15) is 5.56 Å². The van der Waals surface area contributed by atoms with Crippen molar-refractivity contribution in [1.29, 1.82) is 0 Å². The number of nitrogens with zero attached hydrogens (tertiary/aromatic N) is 2. The second-order valence-electron chi connectivity index (χ2n) is 7.51. The van der Waals surface area contributed by atoms with E-state index in [4.69, 9.17) is 34.8 Å². The Morgan fingerprint density at radius 2 is 1.61 bits per heavy atom. The zero-order valence-corrected chi connectivity index (χ0v) is 18.9. The summed E-state index contributed by atoms with van der Waals surface area (Å²) < 4.78 is 13.4. The molecule has 0 radical (unpaired) electrons. The molecule has 0 aliphatic carbocycles. The third-order valence-corrected chi connectivity index (χ3v) is 6.06. The van der Waals surface area contributed by atoms with Gasteiger partial charge in [0.1, 0.15) is 5.82 Å². The molecule has 3 aromatic rings. The van der Waals surface area contributed by atoms with Crippen LogP contribution in [-0.4, -0.2) is 18.1 Å². The maximum absolute atomic E-state index is 13.4. The van der Waals surface area contributed by atoms with E-state index in [2.05, 4.69) is 21.9 Å². The van der Waals surface area contributed by atoms with Gasteiger partial charge < -0.3 is 10.3 Å². The third kappa shape index (κ3) is 5.34. The average Bonchev–Trinajstić information content (AvgIpc) is 3.15. The van der Waals surface area contributed by atoms with E-state index in [1.807, 2.05) is 36.4 Å². The lowest BCUT2D eigenvalue weighted by molar-refractivity contribution is 0.296. The highest BCUT2D eigenvalue weighted by Crippen LogP contribution is 2.35. The summed E-state index contributed by atoms with van der Waals surface area (Å²) in [6, 6.07) is 19.6. The minimum Gasteiger partial charge on any atom is -0.359 e. The van der Waals surface area contributed by atoms with Gasteiger partial charge in [0.2, 0.25) is 0 Å². The lowest BCUT2D eigenvalue weighted by Gasteiger charge is -2.30. The van der Waals surface area contributed by atoms with E-state index in [0.29, 0.717) is 28.2 Å². The van der Waals surface area contributed by atoms with Crippen LogP contribution in [0.4, 0.5) is 15.8 Å². The van der Waals surface area contributed by atoms with Crippen LogP contribution in [0.3, 0.4) is 0 Å². The number of benzene rings is 3. The third-order valence-electron chi connectivity index (χ3n) is 5.27. The first-order valence-corrected chi connectivity index (χ1v) is 11.0. The monoisotopic (exact) mass is 475 g/mol. The van der Waals surface area contributed by atoms with E-state index in [1.54, 1.807) is 18.2 Å². The molecule has 1 heterocycles.